The minimum Gasteiger partial charge on any atom is -0.493 e. The van der Waals surface area contributed by atoms with E-state index in [9.17, 15) is 9.59 Å². The molecule has 1 atom stereocenters. The summed E-state index contributed by atoms with van der Waals surface area (Å²) in [5.41, 5.74) is 3.27. The van der Waals surface area contributed by atoms with Crippen molar-refractivity contribution in [2.75, 3.05) is 20.3 Å². The highest BCUT2D eigenvalue weighted by atomic mass is 16.5. The van der Waals surface area contributed by atoms with Gasteiger partial charge >= 0.3 is 5.97 Å². The molecule has 6 nitrogen and oxygen atoms in total. The van der Waals surface area contributed by atoms with Crippen molar-refractivity contribution in [3.8, 4) is 11.5 Å². The molecule has 0 spiro atoms. The average Bonchev–Trinajstić information content (AvgIpc) is 2.74. The van der Waals surface area contributed by atoms with Crippen molar-refractivity contribution >= 4 is 11.8 Å². The highest BCUT2D eigenvalue weighted by Crippen LogP contribution is 2.47. The molecule has 1 aromatic rings. The molecule has 3 rings (SSSR count). The number of esters is 1. The zero-order valence-electron chi connectivity index (χ0n) is 19.7. The first-order valence-corrected chi connectivity index (χ1v) is 11.0. The largest absolute Gasteiger partial charge is 0.493 e. The minimum atomic E-state index is -0.540. The third-order valence-corrected chi connectivity index (χ3v) is 5.77. The van der Waals surface area contributed by atoms with Gasteiger partial charge < -0.3 is 19.5 Å². The lowest BCUT2D eigenvalue weighted by atomic mass is 9.68. The SMILES string of the molecule is C=CCOC(=O)C1=C(C)NC2=C(C(=O)CC(C)(C)C2)[C@@H]1c1ccc(OCCC)c(OC)c1. The number of methoxy groups -OCH3 is 1. The molecular weight excluding hydrogens is 406 g/mol. The first-order chi connectivity index (χ1) is 15.2. The van der Waals surface area contributed by atoms with Crippen LogP contribution in [0.15, 0.2) is 53.4 Å². The number of allylic oxidation sites excluding steroid dienone is 3. The third-order valence-electron chi connectivity index (χ3n) is 5.77. The van der Waals surface area contributed by atoms with Gasteiger partial charge in [0.15, 0.2) is 17.3 Å². The van der Waals surface area contributed by atoms with Crippen LogP contribution < -0.4 is 14.8 Å². The van der Waals surface area contributed by atoms with Crippen LogP contribution in [0, 0.1) is 5.41 Å². The van der Waals surface area contributed by atoms with Crippen LogP contribution in [0.3, 0.4) is 0 Å². The number of benzene rings is 1. The lowest BCUT2D eigenvalue weighted by Gasteiger charge is -2.39. The Balaban J connectivity index is 2.14. The van der Waals surface area contributed by atoms with Gasteiger partial charge in [-0.1, -0.05) is 39.5 Å². The van der Waals surface area contributed by atoms with E-state index in [1.165, 1.54) is 6.08 Å². The van der Waals surface area contributed by atoms with Crippen molar-refractivity contribution in [1.82, 2.24) is 5.32 Å². The summed E-state index contributed by atoms with van der Waals surface area (Å²) in [7, 11) is 1.58. The number of carbonyl (C=O) groups is 2. The van der Waals surface area contributed by atoms with Crippen LogP contribution in [0.25, 0.3) is 0 Å². The van der Waals surface area contributed by atoms with Crippen molar-refractivity contribution in [1.29, 1.82) is 0 Å². The molecule has 0 amide bonds. The molecular formula is C26H33NO5. The van der Waals surface area contributed by atoms with Crippen molar-refractivity contribution in [3.63, 3.8) is 0 Å². The van der Waals surface area contributed by atoms with Crippen LogP contribution in [0.2, 0.25) is 0 Å². The van der Waals surface area contributed by atoms with Crippen LogP contribution in [0.4, 0.5) is 0 Å². The van der Waals surface area contributed by atoms with Gasteiger partial charge in [-0.05, 0) is 42.9 Å². The minimum absolute atomic E-state index is 0.0422. The Hall–Kier alpha value is -3.02. The second-order valence-corrected chi connectivity index (χ2v) is 9.08. The number of carbonyl (C=O) groups excluding carboxylic acids is 2. The Morgan fingerprint density at radius 2 is 2.03 bits per heavy atom. The number of Topliss-reactive ketones (excluding diaryl/α,β-unsaturated/α-hetero) is 1. The van der Waals surface area contributed by atoms with Crippen LogP contribution in [-0.4, -0.2) is 32.1 Å². The summed E-state index contributed by atoms with van der Waals surface area (Å²) < 4.78 is 16.8. The van der Waals surface area contributed by atoms with Crippen LogP contribution >= 0.6 is 0 Å². The molecule has 1 aliphatic heterocycles. The van der Waals surface area contributed by atoms with E-state index in [1.807, 2.05) is 32.0 Å². The Kier molecular flexibility index (Phi) is 7.12. The highest BCUT2D eigenvalue weighted by Gasteiger charge is 2.43. The smallest absolute Gasteiger partial charge is 0.337 e. The fourth-order valence-electron chi connectivity index (χ4n) is 4.45. The Bertz CT molecular complexity index is 986. The topological polar surface area (TPSA) is 73.9 Å². The van der Waals surface area contributed by atoms with Gasteiger partial charge in [-0.25, -0.2) is 4.79 Å². The molecule has 0 unspecified atom stereocenters. The van der Waals surface area contributed by atoms with E-state index < -0.39 is 11.9 Å². The van der Waals surface area contributed by atoms with Crippen molar-refractivity contribution in [2.24, 2.45) is 5.41 Å². The Morgan fingerprint density at radius 1 is 1.28 bits per heavy atom. The average molecular weight is 440 g/mol. The molecule has 0 saturated carbocycles. The maximum Gasteiger partial charge on any atom is 0.337 e. The lowest BCUT2D eigenvalue weighted by molar-refractivity contribution is -0.138. The predicted molar refractivity (Wildman–Crippen MR) is 124 cm³/mol. The quantitative estimate of drug-likeness (QED) is 0.463. The fraction of sp³-hybridized carbons (Fsp3) is 0.462. The third kappa shape index (κ3) is 4.74. The van der Waals surface area contributed by atoms with E-state index in [1.54, 1.807) is 7.11 Å². The molecule has 0 aromatic heterocycles. The van der Waals surface area contributed by atoms with Gasteiger partial charge in [0, 0.05) is 29.3 Å². The highest BCUT2D eigenvalue weighted by molar-refractivity contribution is 6.04. The van der Waals surface area contributed by atoms with Gasteiger partial charge in [-0.15, -0.1) is 0 Å². The number of ketones is 1. The molecule has 6 heteroatoms. The molecule has 1 aliphatic carbocycles. The van der Waals surface area contributed by atoms with Gasteiger partial charge in [0.25, 0.3) is 0 Å². The predicted octanol–water partition coefficient (Wildman–Crippen LogP) is 4.82. The van der Waals surface area contributed by atoms with Gasteiger partial charge in [0.1, 0.15) is 6.61 Å². The number of dihydropyridines is 1. The van der Waals surface area contributed by atoms with Gasteiger partial charge in [0.05, 0.1) is 19.3 Å². The molecule has 32 heavy (non-hydrogen) atoms. The second kappa shape index (κ2) is 9.63. The molecule has 0 fully saturated rings. The molecule has 1 N–H and O–H groups in total. The van der Waals surface area contributed by atoms with E-state index in [2.05, 4.69) is 25.7 Å². The van der Waals surface area contributed by atoms with Crippen LogP contribution in [0.5, 0.6) is 11.5 Å². The number of hydrogen-bond donors (Lipinski definition) is 1. The summed E-state index contributed by atoms with van der Waals surface area (Å²) in [5, 5.41) is 3.34. The first kappa shape index (κ1) is 23.6. The standard InChI is InChI=1S/C26H33NO5/c1-7-11-31-20-10-9-17(13-21(20)30-6)23-22(25(29)32-12-8-2)16(3)27-18-14-26(4,5)15-19(28)24(18)23/h8-10,13,23,27H,2,7,11-12,14-15H2,1,3-6H3/t23-/m1/s1. The molecule has 172 valence electrons. The van der Waals surface area contributed by atoms with Gasteiger partial charge in [0.2, 0.25) is 0 Å². The first-order valence-electron chi connectivity index (χ1n) is 11.0. The summed E-state index contributed by atoms with van der Waals surface area (Å²) in [4.78, 5) is 26.4. The normalized spacial score (nSPS) is 19.8. The number of rotatable bonds is 8. The Labute approximate surface area is 190 Å². The van der Waals surface area contributed by atoms with Crippen LogP contribution in [-0.2, 0) is 14.3 Å². The van der Waals surface area contributed by atoms with Gasteiger partial charge in [-0.3, -0.25) is 4.79 Å². The van der Waals surface area contributed by atoms with E-state index in [-0.39, 0.29) is 17.8 Å². The summed E-state index contributed by atoms with van der Waals surface area (Å²) in [5.74, 6) is 0.238. The fourth-order valence-corrected chi connectivity index (χ4v) is 4.45. The number of ether oxygens (including phenoxy) is 3. The summed E-state index contributed by atoms with van der Waals surface area (Å²) in [6, 6.07) is 5.59. The zero-order valence-corrected chi connectivity index (χ0v) is 19.7. The van der Waals surface area contributed by atoms with Crippen molar-refractivity contribution in [2.45, 2.75) is 52.9 Å². The lowest BCUT2D eigenvalue weighted by Crippen LogP contribution is -2.38. The molecule has 1 aromatic carbocycles. The molecule has 0 radical (unpaired) electrons. The molecule has 0 saturated heterocycles. The van der Waals surface area contributed by atoms with E-state index in [0.717, 1.165) is 24.1 Å². The summed E-state index contributed by atoms with van der Waals surface area (Å²) in [6.45, 7) is 12.4. The molecule has 1 heterocycles. The summed E-state index contributed by atoms with van der Waals surface area (Å²) >= 11 is 0. The second-order valence-electron chi connectivity index (χ2n) is 9.08. The van der Waals surface area contributed by atoms with Crippen molar-refractivity contribution in [3.05, 3.63) is 59.0 Å². The van der Waals surface area contributed by atoms with E-state index >= 15 is 0 Å². The van der Waals surface area contributed by atoms with E-state index in [0.29, 0.717) is 41.4 Å². The summed E-state index contributed by atoms with van der Waals surface area (Å²) in [6.07, 6.45) is 3.56. The molecule has 0 bridgehead atoms. The molecule has 2 aliphatic rings. The Morgan fingerprint density at radius 3 is 2.69 bits per heavy atom. The van der Waals surface area contributed by atoms with Crippen molar-refractivity contribution < 1.29 is 23.8 Å². The number of nitrogens with one attached hydrogen (secondary N) is 1. The van der Waals surface area contributed by atoms with Gasteiger partial charge in [-0.2, -0.15) is 0 Å². The maximum atomic E-state index is 13.3. The zero-order chi connectivity index (χ0) is 23.5. The van der Waals surface area contributed by atoms with E-state index in [4.69, 9.17) is 14.2 Å². The maximum absolute atomic E-state index is 13.3. The van der Waals surface area contributed by atoms with Crippen LogP contribution in [0.1, 0.15) is 58.4 Å². The monoisotopic (exact) mass is 439 g/mol. The number of hydrogen-bond acceptors (Lipinski definition) is 6.